The van der Waals surface area contributed by atoms with Crippen LogP contribution in [0, 0.1) is 0 Å². The van der Waals surface area contributed by atoms with Crippen LogP contribution in [-0.4, -0.2) is 10.3 Å². The third-order valence-electron chi connectivity index (χ3n) is 0.439. The van der Waals surface area contributed by atoms with Crippen molar-refractivity contribution in [2.75, 3.05) is 0 Å². The van der Waals surface area contributed by atoms with Crippen molar-refractivity contribution >= 4 is 0 Å². The fourth-order valence-electron chi connectivity index (χ4n) is 0.225. The van der Waals surface area contributed by atoms with Gasteiger partial charge in [0.15, 0.2) is 6.20 Å². The van der Waals surface area contributed by atoms with Gasteiger partial charge in [-0.05, 0) is 0 Å². The van der Waals surface area contributed by atoms with E-state index in [4.69, 9.17) is 0 Å². The van der Waals surface area contributed by atoms with Crippen molar-refractivity contribution in [1.82, 2.24) is 10.3 Å². The van der Waals surface area contributed by atoms with Gasteiger partial charge in [-0.2, -0.15) is 5.10 Å². The molecule has 1 heterocycles. The van der Waals surface area contributed by atoms with Gasteiger partial charge in [0.05, 0.1) is 5.10 Å². The molecular formula is C3H4N3+. The van der Waals surface area contributed by atoms with Crippen LogP contribution in [0.15, 0.2) is 18.5 Å². The third-order valence-corrected chi connectivity index (χ3v) is 0.439. The Hall–Kier alpha value is -0.990. The number of aromatic nitrogens is 3. The zero-order valence-corrected chi connectivity index (χ0v) is 3.13. The molecule has 0 radical (unpaired) electrons. The normalized spacial score (nSPS) is 8.00. The minimum absolute atomic E-state index is 1.61. The lowest BCUT2D eigenvalue weighted by Crippen LogP contribution is -2.06. The van der Waals surface area contributed by atoms with Gasteiger partial charge in [0, 0.05) is 6.07 Å². The summed E-state index contributed by atoms with van der Waals surface area (Å²) in [6.07, 6.45) is 3.31. The Morgan fingerprint density at radius 3 is 2.67 bits per heavy atom. The lowest BCUT2D eigenvalue weighted by molar-refractivity contribution is -0.463. The summed E-state index contributed by atoms with van der Waals surface area (Å²) >= 11 is 0. The molecule has 0 spiro atoms. The van der Waals surface area contributed by atoms with Crippen LogP contribution in [0.3, 0.4) is 0 Å². The van der Waals surface area contributed by atoms with Crippen LogP contribution in [0.1, 0.15) is 0 Å². The van der Waals surface area contributed by atoms with E-state index in [-0.39, 0.29) is 0 Å². The smallest absolute Gasteiger partial charge is 0.151 e. The Bertz CT molecular complexity index is 78.0. The molecule has 0 aliphatic heterocycles. The maximum Gasteiger partial charge on any atom is 0.171 e. The molecule has 1 rings (SSSR count). The van der Waals surface area contributed by atoms with E-state index in [1.807, 2.05) is 0 Å². The molecule has 3 nitrogen and oxygen atoms in total. The van der Waals surface area contributed by atoms with Crippen molar-refractivity contribution in [3.63, 3.8) is 0 Å². The fourth-order valence-corrected chi connectivity index (χ4v) is 0.225. The summed E-state index contributed by atoms with van der Waals surface area (Å²) in [7, 11) is 0. The average Bonchev–Trinajstić information content (AvgIpc) is 1.72. The number of nitrogens with one attached hydrogen (secondary N) is 1. The third kappa shape index (κ3) is 0.484. The minimum atomic E-state index is 1.61. The van der Waals surface area contributed by atoms with E-state index in [1.54, 1.807) is 18.5 Å². The Balaban J connectivity index is 3.00. The zero-order valence-electron chi connectivity index (χ0n) is 3.13. The first kappa shape index (κ1) is 3.21. The molecule has 0 unspecified atom stereocenters. The maximum atomic E-state index is 3.48. The molecule has 1 aromatic heterocycles. The molecule has 30 valence electrons. The first-order valence-corrected chi connectivity index (χ1v) is 1.64. The summed E-state index contributed by atoms with van der Waals surface area (Å²) < 4.78 is 0. The predicted molar refractivity (Wildman–Crippen MR) is 18.6 cm³/mol. The first-order chi connectivity index (χ1) is 3.00. The average molecular weight is 82.1 g/mol. The lowest BCUT2D eigenvalue weighted by atomic mass is 10.7. The molecule has 6 heavy (non-hydrogen) atoms. The van der Waals surface area contributed by atoms with Crippen LogP contribution in [0.5, 0.6) is 0 Å². The lowest BCUT2D eigenvalue weighted by Gasteiger charge is -1.58. The summed E-state index contributed by atoms with van der Waals surface area (Å²) in [6.45, 7) is 0. The molecule has 3 heteroatoms. The highest BCUT2D eigenvalue weighted by molar-refractivity contribution is 4.64. The molecule has 0 aliphatic rings. The van der Waals surface area contributed by atoms with Gasteiger partial charge in [-0.3, -0.25) is 0 Å². The zero-order chi connectivity index (χ0) is 4.24. The molecular weight excluding hydrogens is 78.1 g/mol. The van der Waals surface area contributed by atoms with Gasteiger partial charge in [0.25, 0.3) is 0 Å². The van der Waals surface area contributed by atoms with Gasteiger partial charge < -0.3 is 0 Å². The highest BCUT2D eigenvalue weighted by Gasteiger charge is 1.70. The molecule has 0 aromatic carbocycles. The van der Waals surface area contributed by atoms with Crippen molar-refractivity contribution in [2.45, 2.75) is 0 Å². The van der Waals surface area contributed by atoms with Crippen molar-refractivity contribution in [1.29, 1.82) is 0 Å². The van der Waals surface area contributed by atoms with Gasteiger partial charge in [0.1, 0.15) is 11.4 Å². The van der Waals surface area contributed by atoms with E-state index < -0.39 is 0 Å². The quantitative estimate of drug-likeness (QED) is 0.415. The largest absolute Gasteiger partial charge is 0.171 e. The van der Waals surface area contributed by atoms with Gasteiger partial charge in [-0.1, -0.05) is 0 Å². The molecule has 0 saturated heterocycles. The van der Waals surface area contributed by atoms with Gasteiger partial charge in [-0.25, -0.2) is 0 Å². The standard InChI is InChI=1S/C3H3N3/c1-2-4-6-5-3-1/h1-3H/p+1. The van der Waals surface area contributed by atoms with Gasteiger partial charge >= 0.3 is 0 Å². The van der Waals surface area contributed by atoms with Crippen LogP contribution in [-0.2, 0) is 0 Å². The Labute approximate surface area is 35.0 Å². The second kappa shape index (κ2) is 1.45. The van der Waals surface area contributed by atoms with E-state index in [9.17, 15) is 0 Å². The summed E-state index contributed by atoms with van der Waals surface area (Å²) in [5.41, 5.74) is 0. The molecule has 0 saturated carbocycles. The number of aromatic amines is 1. The summed E-state index contributed by atoms with van der Waals surface area (Å²) in [6, 6.07) is 1.77. The van der Waals surface area contributed by atoms with Crippen LogP contribution in [0.2, 0.25) is 0 Å². The van der Waals surface area contributed by atoms with E-state index >= 15 is 0 Å². The van der Waals surface area contributed by atoms with E-state index in [2.05, 4.69) is 15.4 Å². The molecule has 0 atom stereocenters. The van der Waals surface area contributed by atoms with Crippen molar-refractivity contribution < 1.29 is 5.10 Å². The molecule has 0 bridgehead atoms. The van der Waals surface area contributed by atoms with E-state index in [0.717, 1.165) is 0 Å². The monoisotopic (exact) mass is 82.0 g/mol. The second-order valence-corrected chi connectivity index (χ2v) is 0.853. The van der Waals surface area contributed by atoms with Gasteiger partial charge in [-0.15, -0.1) is 0 Å². The van der Waals surface area contributed by atoms with Crippen molar-refractivity contribution in [3.8, 4) is 0 Å². The maximum absolute atomic E-state index is 3.48. The molecule has 1 N–H and O–H groups in total. The molecule has 0 aliphatic carbocycles. The highest BCUT2D eigenvalue weighted by atomic mass is 15.3. The Morgan fingerprint density at radius 1 is 1.50 bits per heavy atom. The summed E-state index contributed by atoms with van der Waals surface area (Å²) in [5.74, 6) is 0. The number of rotatable bonds is 0. The number of hydrogen-bond donors (Lipinski definition) is 0. The van der Waals surface area contributed by atoms with E-state index in [1.165, 1.54) is 0 Å². The van der Waals surface area contributed by atoms with Crippen LogP contribution in [0.25, 0.3) is 0 Å². The first-order valence-electron chi connectivity index (χ1n) is 1.64. The van der Waals surface area contributed by atoms with E-state index in [0.29, 0.717) is 0 Å². The predicted octanol–water partition coefficient (Wildman–Crippen LogP) is -0.709. The molecule has 0 amide bonds. The van der Waals surface area contributed by atoms with Crippen LogP contribution in [0.4, 0.5) is 0 Å². The van der Waals surface area contributed by atoms with Crippen LogP contribution < -0.4 is 5.10 Å². The Morgan fingerprint density at radius 2 is 2.50 bits per heavy atom. The minimum Gasteiger partial charge on any atom is -0.151 e. The van der Waals surface area contributed by atoms with Crippen molar-refractivity contribution in [2.24, 2.45) is 0 Å². The number of H-pyrrole nitrogens is 1. The summed E-state index contributed by atoms with van der Waals surface area (Å²) in [4.78, 5) is 0. The van der Waals surface area contributed by atoms with Crippen molar-refractivity contribution in [3.05, 3.63) is 18.5 Å². The van der Waals surface area contributed by atoms with Crippen LogP contribution >= 0.6 is 0 Å². The fraction of sp³-hybridized carbons (Fsp3) is 0. The second-order valence-electron chi connectivity index (χ2n) is 0.853. The topological polar surface area (TPSA) is 39.9 Å². The highest BCUT2D eigenvalue weighted by Crippen LogP contribution is 1.56. The number of hydrogen-bond acceptors (Lipinski definition) is 2. The summed E-state index contributed by atoms with van der Waals surface area (Å²) in [5, 5.41) is 9.42. The Kier molecular flexibility index (Phi) is 0.774. The molecule has 0 fully saturated rings. The SMILES string of the molecule is c1cnn[nH+]c1. The number of nitrogens with zero attached hydrogens (tertiary/aromatic N) is 2. The molecule has 1 aromatic rings. The van der Waals surface area contributed by atoms with Gasteiger partial charge in [0.2, 0.25) is 0 Å².